The standard InChI is InChI=1S/C11H19N3O2S.H2O4S/c1-3-14(9-8-13-17(2,15)16)11-6-4-10(12)5-7-11;1-5(2,3)4/h4-7,13H,3,8-9,12H2,1-2H3;(H2,1,2,3,4). The molecule has 0 aliphatic rings. The van der Waals surface area contributed by atoms with Crippen LogP contribution in [0.25, 0.3) is 0 Å². The number of hydrogen-bond donors (Lipinski definition) is 4. The van der Waals surface area contributed by atoms with E-state index in [1.807, 2.05) is 31.2 Å². The fraction of sp³-hybridized carbons (Fsp3) is 0.455. The second-order valence-electron chi connectivity index (χ2n) is 4.29. The van der Waals surface area contributed by atoms with Gasteiger partial charge < -0.3 is 10.6 Å². The molecule has 0 aliphatic carbocycles. The molecule has 128 valence electrons. The van der Waals surface area contributed by atoms with Crippen LogP contribution in [0, 0.1) is 0 Å². The minimum atomic E-state index is -4.67. The topological polar surface area (TPSA) is 150 Å². The van der Waals surface area contributed by atoms with Crippen molar-refractivity contribution in [1.82, 2.24) is 4.72 Å². The molecule has 0 aromatic heterocycles. The van der Waals surface area contributed by atoms with Gasteiger partial charge in [0.1, 0.15) is 0 Å². The maximum absolute atomic E-state index is 10.9. The molecule has 5 N–H and O–H groups in total. The average Bonchev–Trinajstić information content (AvgIpc) is 2.33. The van der Waals surface area contributed by atoms with Crippen LogP contribution in [0.5, 0.6) is 0 Å². The highest BCUT2D eigenvalue weighted by atomic mass is 32.3. The van der Waals surface area contributed by atoms with Gasteiger partial charge in [-0.15, -0.1) is 0 Å². The van der Waals surface area contributed by atoms with E-state index in [0.717, 1.165) is 24.2 Å². The van der Waals surface area contributed by atoms with Crippen molar-refractivity contribution >= 4 is 31.8 Å². The lowest BCUT2D eigenvalue weighted by molar-refractivity contribution is 0.381. The van der Waals surface area contributed by atoms with E-state index in [1.165, 1.54) is 0 Å². The molecule has 9 nitrogen and oxygen atoms in total. The summed E-state index contributed by atoms with van der Waals surface area (Å²) in [6.45, 7) is 3.87. The Morgan fingerprint density at radius 2 is 1.59 bits per heavy atom. The molecule has 0 saturated heterocycles. The monoisotopic (exact) mass is 355 g/mol. The van der Waals surface area contributed by atoms with Crippen molar-refractivity contribution in [3.05, 3.63) is 24.3 Å². The Hall–Kier alpha value is -1.40. The molecule has 0 unspecified atom stereocenters. The summed E-state index contributed by atoms with van der Waals surface area (Å²) in [7, 11) is -7.78. The fourth-order valence-corrected chi connectivity index (χ4v) is 1.98. The molecule has 11 heteroatoms. The summed E-state index contributed by atoms with van der Waals surface area (Å²) in [6.07, 6.45) is 1.16. The lowest BCUT2D eigenvalue weighted by Gasteiger charge is -2.23. The van der Waals surface area contributed by atoms with Gasteiger partial charge in [0, 0.05) is 31.0 Å². The van der Waals surface area contributed by atoms with E-state index < -0.39 is 20.4 Å². The van der Waals surface area contributed by atoms with Crippen LogP contribution in [-0.4, -0.2) is 51.8 Å². The Balaban J connectivity index is 0.000000763. The van der Waals surface area contributed by atoms with E-state index in [0.29, 0.717) is 13.1 Å². The van der Waals surface area contributed by atoms with Gasteiger partial charge in [-0.25, -0.2) is 13.1 Å². The maximum Gasteiger partial charge on any atom is 0.394 e. The van der Waals surface area contributed by atoms with Crippen molar-refractivity contribution in [1.29, 1.82) is 0 Å². The van der Waals surface area contributed by atoms with E-state index in [1.54, 1.807) is 0 Å². The Kier molecular flexibility index (Phi) is 8.34. The van der Waals surface area contributed by atoms with Gasteiger partial charge >= 0.3 is 10.4 Å². The van der Waals surface area contributed by atoms with Gasteiger partial charge in [0.2, 0.25) is 10.0 Å². The maximum atomic E-state index is 10.9. The van der Waals surface area contributed by atoms with Gasteiger partial charge in [-0.1, -0.05) is 0 Å². The molecule has 1 aromatic rings. The zero-order valence-electron chi connectivity index (χ0n) is 12.3. The van der Waals surface area contributed by atoms with Crippen LogP contribution in [0.2, 0.25) is 0 Å². The van der Waals surface area contributed by atoms with Crippen LogP contribution >= 0.6 is 0 Å². The Labute approximate surface area is 130 Å². The zero-order chi connectivity index (χ0) is 17.4. The zero-order valence-corrected chi connectivity index (χ0v) is 13.9. The molecular weight excluding hydrogens is 334 g/mol. The molecule has 0 amide bonds. The number of nitrogens with one attached hydrogen (secondary N) is 1. The largest absolute Gasteiger partial charge is 0.399 e. The number of likely N-dealkylation sites (N-methyl/N-ethyl adjacent to an activating group) is 1. The lowest BCUT2D eigenvalue weighted by atomic mass is 10.2. The second kappa shape index (κ2) is 8.90. The number of nitrogens with two attached hydrogens (primary N) is 1. The molecule has 0 fully saturated rings. The van der Waals surface area contributed by atoms with Gasteiger partial charge in [0.25, 0.3) is 0 Å². The van der Waals surface area contributed by atoms with Crippen molar-refractivity contribution in [2.75, 3.05) is 36.5 Å². The quantitative estimate of drug-likeness (QED) is 0.411. The van der Waals surface area contributed by atoms with E-state index in [2.05, 4.69) is 9.62 Å². The van der Waals surface area contributed by atoms with Crippen LogP contribution in [0.1, 0.15) is 6.92 Å². The Morgan fingerprint density at radius 1 is 1.14 bits per heavy atom. The van der Waals surface area contributed by atoms with Gasteiger partial charge in [-0.3, -0.25) is 9.11 Å². The predicted molar refractivity (Wildman–Crippen MR) is 85.8 cm³/mol. The predicted octanol–water partition coefficient (Wildman–Crippen LogP) is -0.00850. The van der Waals surface area contributed by atoms with E-state index in [9.17, 15) is 8.42 Å². The second-order valence-corrected chi connectivity index (χ2v) is 7.01. The highest BCUT2D eigenvalue weighted by Crippen LogP contribution is 2.15. The molecule has 0 saturated carbocycles. The van der Waals surface area contributed by atoms with Gasteiger partial charge in [0.15, 0.2) is 0 Å². The highest BCUT2D eigenvalue weighted by molar-refractivity contribution is 7.88. The van der Waals surface area contributed by atoms with E-state index >= 15 is 0 Å². The first-order valence-electron chi connectivity index (χ1n) is 6.17. The van der Waals surface area contributed by atoms with Crippen LogP contribution in [0.3, 0.4) is 0 Å². The van der Waals surface area contributed by atoms with Crippen molar-refractivity contribution in [2.24, 2.45) is 0 Å². The molecular formula is C11H21N3O6S2. The van der Waals surface area contributed by atoms with Crippen LogP contribution in [0.15, 0.2) is 24.3 Å². The summed E-state index contributed by atoms with van der Waals surface area (Å²) in [4.78, 5) is 2.08. The van der Waals surface area contributed by atoms with E-state index in [-0.39, 0.29) is 0 Å². The summed E-state index contributed by atoms with van der Waals surface area (Å²) >= 11 is 0. The molecule has 22 heavy (non-hydrogen) atoms. The SMILES string of the molecule is CCN(CCNS(C)(=O)=O)c1ccc(N)cc1.O=S(=O)(O)O. The number of hydrogen-bond acceptors (Lipinski definition) is 6. The van der Waals surface area contributed by atoms with E-state index in [4.69, 9.17) is 23.3 Å². The molecule has 0 bridgehead atoms. The fourth-order valence-electron chi connectivity index (χ4n) is 1.52. The number of nitrogen functional groups attached to an aromatic ring is 1. The summed E-state index contributed by atoms with van der Waals surface area (Å²) in [6, 6.07) is 7.53. The summed E-state index contributed by atoms with van der Waals surface area (Å²) < 4.78 is 55.9. The van der Waals surface area contributed by atoms with Crippen molar-refractivity contribution in [2.45, 2.75) is 6.92 Å². The molecule has 1 rings (SSSR count). The Morgan fingerprint density at radius 3 is 1.95 bits per heavy atom. The van der Waals surface area contributed by atoms with Crippen molar-refractivity contribution < 1.29 is 25.9 Å². The van der Waals surface area contributed by atoms with Crippen LogP contribution in [0.4, 0.5) is 11.4 Å². The van der Waals surface area contributed by atoms with Gasteiger partial charge in [0.05, 0.1) is 6.26 Å². The molecule has 0 heterocycles. The summed E-state index contributed by atoms with van der Waals surface area (Å²) in [5, 5.41) is 0. The first-order chi connectivity index (χ1) is 9.92. The third kappa shape index (κ3) is 12.3. The van der Waals surface area contributed by atoms with Gasteiger partial charge in [-0.2, -0.15) is 8.42 Å². The average molecular weight is 355 g/mol. The number of sulfonamides is 1. The normalized spacial score (nSPS) is 11.5. The lowest BCUT2D eigenvalue weighted by Crippen LogP contribution is -2.34. The minimum Gasteiger partial charge on any atom is -0.399 e. The van der Waals surface area contributed by atoms with Crippen LogP contribution in [-0.2, 0) is 20.4 Å². The van der Waals surface area contributed by atoms with Crippen molar-refractivity contribution in [3.63, 3.8) is 0 Å². The number of nitrogens with zero attached hydrogens (tertiary/aromatic N) is 1. The molecule has 0 spiro atoms. The minimum absolute atomic E-state index is 0.400. The summed E-state index contributed by atoms with van der Waals surface area (Å²) in [5.74, 6) is 0. The molecule has 0 atom stereocenters. The third-order valence-corrected chi connectivity index (χ3v) is 3.11. The number of benzene rings is 1. The van der Waals surface area contributed by atoms with Crippen LogP contribution < -0.4 is 15.4 Å². The molecule has 1 aromatic carbocycles. The first-order valence-corrected chi connectivity index (χ1v) is 9.46. The smallest absolute Gasteiger partial charge is 0.394 e. The first kappa shape index (κ1) is 20.6. The van der Waals surface area contributed by atoms with Gasteiger partial charge in [-0.05, 0) is 31.2 Å². The number of rotatable bonds is 6. The highest BCUT2D eigenvalue weighted by Gasteiger charge is 2.05. The molecule has 0 aliphatic heterocycles. The van der Waals surface area contributed by atoms with Crippen molar-refractivity contribution in [3.8, 4) is 0 Å². The third-order valence-electron chi connectivity index (χ3n) is 2.39. The Bertz CT molecular complexity index is 635. The number of anilines is 2. The summed E-state index contributed by atoms with van der Waals surface area (Å²) in [5.41, 5.74) is 7.38. The molecule has 0 radical (unpaired) electrons.